The summed E-state index contributed by atoms with van der Waals surface area (Å²) in [6.45, 7) is 0.101. The van der Waals surface area contributed by atoms with Crippen molar-refractivity contribution in [1.82, 2.24) is 4.72 Å². The Kier molecular flexibility index (Phi) is 6.37. The van der Waals surface area contributed by atoms with E-state index in [-0.39, 0.29) is 22.9 Å². The van der Waals surface area contributed by atoms with Crippen molar-refractivity contribution in [2.45, 2.75) is 11.4 Å². The fraction of sp³-hybridized carbons (Fsp3) is 0.167. The average Bonchev–Trinajstić information content (AvgIpc) is 2.64. The molecular formula is C18H19NO6S. The topological polar surface area (TPSA) is 102 Å². The van der Waals surface area contributed by atoms with Crippen LogP contribution in [0.25, 0.3) is 6.08 Å². The van der Waals surface area contributed by atoms with Crippen LogP contribution in [0.1, 0.15) is 11.1 Å². The van der Waals surface area contributed by atoms with E-state index in [1.807, 2.05) is 18.2 Å². The molecule has 0 radical (unpaired) electrons. The molecule has 2 N–H and O–H groups in total. The molecule has 0 aliphatic carbocycles. The van der Waals surface area contributed by atoms with Crippen LogP contribution in [0.4, 0.5) is 0 Å². The van der Waals surface area contributed by atoms with Gasteiger partial charge in [-0.25, -0.2) is 17.9 Å². The van der Waals surface area contributed by atoms with Gasteiger partial charge in [0, 0.05) is 12.6 Å². The number of carboxylic acids is 1. The SMILES string of the molecule is COc1cc(/C=C/C(=O)O)cc(S(=O)(=O)NCc2ccccc2)c1OC. The van der Waals surface area contributed by atoms with Crippen LogP contribution in [-0.4, -0.2) is 33.7 Å². The molecule has 0 aliphatic rings. The number of methoxy groups -OCH3 is 2. The van der Waals surface area contributed by atoms with Gasteiger partial charge in [-0.3, -0.25) is 0 Å². The van der Waals surface area contributed by atoms with Gasteiger partial charge in [0.25, 0.3) is 0 Å². The second-order valence-electron chi connectivity index (χ2n) is 5.24. The Labute approximate surface area is 151 Å². The van der Waals surface area contributed by atoms with E-state index in [2.05, 4.69) is 4.72 Å². The standard InChI is InChI=1S/C18H19NO6S/c1-24-15-10-14(8-9-17(20)21)11-16(18(15)25-2)26(22,23)19-12-13-6-4-3-5-7-13/h3-11,19H,12H2,1-2H3,(H,20,21)/b9-8+. The lowest BCUT2D eigenvalue weighted by molar-refractivity contribution is -0.131. The third kappa shape index (κ3) is 4.84. The van der Waals surface area contributed by atoms with E-state index in [1.54, 1.807) is 12.1 Å². The van der Waals surface area contributed by atoms with Gasteiger partial charge in [0.15, 0.2) is 11.5 Å². The molecule has 0 saturated heterocycles. The minimum Gasteiger partial charge on any atom is -0.493 e. The maximum Gasteiger partial charge on any atom is 0.328 e. The van der Waals surface area contributed by atoms with Crippen molar-refractivity contribution in [2.24, 2.45) is 0 Å². The fourth-order valence-corrected chi connectivity index (χ4v) is 3.50. The first-order valence-electron chi connectivity index (χ1n) is 7.58. The van der Waals surface area contributed by atoms with Gasteiger partial charge < -0.3 is 14.6 Å². The van der Waals surface area contributed by atoms with E-state index < -0.39 is 16.0 Å². The largest absolute Gasteiger partial charge is 0.493 e. The summed E-state index contributed by atoms with van der Waals surface area (Å²) in [6, 6.07) is 11.9. The summed E-state index contributed by atoms with van der Waals surface area (Å²) in [7, 11) is -1.23. The molecule has 0 amide bonds. The van der Waals surface area contributed by atoms with Crippen LogP contribution in [0.15, 0.2) is 53.4 Å². The molecule has 2 aromatic carbocycles. The number of rotatable bonds is 8. The number of hydrogen-bond donors (Lipinski definition) is 2. The normalized spacial score (nSPS) is 11.5. The van der Waals surface area contributed by atoms with Crippen molar-refractivity contribution in [3.05, 3.63) is 59.7 Å². The Morgan fingerprint density at radius 1 is 1.15 bits per heavy atom. The number of hydrogen-bond acceptors (Lipinski definition) is 5. The third-order valence-electron chi connectivity index (χ3n) is 3.48. The van der Waals surface area contributed by atoms with Crippen molar-refractivity contribution >= 4 is 22.1 Å². The highest BCUT2D eigenvalue weighted by atomic mass is 32.2. The van der Waals surface area contributed by atoms with E-state index in [9.17, 15) is 13.2 Å². The number of ether oxygens (including phenoxy) is 2. The molecule has 0 heterocycles. The molecule has 2 rings (SSSR count). The van der Waals surface area contributed by atoms with Crippen LogP contribution in [0.2, 0.25) is 0 Å². The zero-order valence-electron chi connectivity index (χ0n) is 14.3. The summed E-state index contributed by atoms with van der Waals surface area (Å²) in [4.78, 5) is 10.6. The quantitative estimate of drug-likeness (QED) is 0.685. The van der Waals surface area contributed by atoms with Crippen molar-refractivity contribution in [3.63, 3.8) is 0 Å². The summed E-state index contributed by atoms with van der Waals surface area (Å²) in [5, 5.41) is 8.77. The summed E-state index contributed by atoms with van der Waals surface area (Å²) < 4.78 is 38.4. The van der Waals surface area contributed by atoms with Crippen molar-refractivity contribution < 1.29 is 27.8 Å². The van der Waals surface area contributed by atoms with Gasteiger partial charge >= 0.3 is 5.97 Å². The number of nitrogens with one attached hydrogen (secondary N) is 1. The van der Waals surface area contributed by atoms with Crippen molar-refractivity contribution in [2.75, 3.05) is 14.2 Å². The minimum atomic E-state index is -3.93. The first-order chi connectivity index (χ1) is 12.4. The van der Waals surface area contributed by atoms with E-state index in [1.165, 1.54) is 32.4 Å². The maximum absolute atomic E-state index is 12.8. The van der Waals surface area contributed by atoms with Gasteiger partial charge in [0.2, 0.25) is 10.0 Å². The number of carboxylic acid groups (broad SMARTS) is 1. The van der Waals surface area contributed by atoms with Crippen molar-refractivity contribution in [1.29, 1.82) is 0 Å². The molecule has 0 unspecified atom stereocenters. The summed E-state index contributed by atoms with van der Waals surface area (Å²) in [5.74, 6) is -0.924. The van der Waals surface area contributed by atoms with Crippen LogP contribution >= 0.6 is 0 Å². The Morgan fingerprint density at radius 3 is 2.42 bits per heavy atom. The van der Waals surface area contributed by atoms with Gasteiger partial charge in [-0.05, 0) is 29.3 Å². The predicted octanol–water partition coefficient (Wildman–Crippen LogP) is 2.28. The summed E-state index contributed by atoms with van der Waals surface area (Å²) in [5.41, 5.74) is 1.15. The molecule has 7 nitrogen and oxygen atoms in total. The lowest BCUT2D eigenvalue weighted by atomic mass is 10.2. The van der Waals surface area contributed by atoms with Gasteiger partial charge in [-0.1, -0.05) is 30.3 Å². The van der Waals surface area contributed by atoms with E-state index in [0.29, 0.717) is 5.56 Å². The zero-order chi connectivity index (χ0) is 19.2. The Bertz CT molecular complexity index is 907. The fourth-order valence-electron chi connectivity index (χ4n) is 2.27. The van der Waals surface area contributed by atoms with Crippen LogP contribution < -0.4 is 14.2 Å². The average molecular weight is 377 g/mol. The molecule has 0 spiro atoms. The lowest BCUT2D eigenvalue weighted by Crippen LogP contribution is -2.24. The highest BCUT2D eigenvalue weighted by Crippen LogP contribution is 2.36. The van der Waals surface area contributed by atoms with E-state index >= 15 is 0 Å². The Hall–Kier alpha value is -2.84. The number of aliphatic carboxylic acids is 1. The third-order valence-corrected chi connectivity index (χ3v) is 4.89. The van der Waals surface area contributed by atoms with Crippen LogP contribution in [0.5, 0.6) is 11.5 Å². The van der Waals surface area contributed by atoms with Gasteiger partial charge in [-0.15, -0.1) is 0 Å². The second kappa shape index (κ2) is 8.50. The molecule has 0 atom stereocenters. The molecule has 2 aromatic rings. The number of sulfonamides is 1. The first-order valence-corrected chi connectivity index (χ1v) is 9.06. The molecule has 138 valence electrons. The first kappa shape index (κ1) is 19.5. The molecule has 8 heteroatoms. The molecule has 0 aliphatic heterocycles. The number of carbonyl (C=O) groups is 1. The van der Waals surface area contributed by atoms with E-state index in [4.69, 9.17) is 14.6 Å². The molecule has 0 saturated carbocycles. The highest BCUT2D eigenvalue weighted by Gasteiger charge is 2.23. The number of benzene rings is 2. The zero-order valence-corrected chi connectivity index (χ0v) is 15.1. The molecule has 0 fully saturated rings. The molecule has 0 bridgehead atoms. The maximum atomic E-state index is 12.8. The molecule has 0 aromatic heterocycles. The van der Waals surface area contributed by atoms with Gasteiger partial charge in [-0.2, -0.15) is 0 Å². The minimum absolute atomic E-state index is 0.0422. The second-order valence-corrected chi connectivity index (χ2v) is 6.97. The Balaban J connectivity index is 2.43. The summed E-state index contributed by atoms with van der Waals surface area (Å²) >= 11 is 0. The van der Waals surface area contributed by atoms with Gasteiger partial charge in [0.05, 0.1) is 14.2 Å². The summed E-state index contributed by atoms with van der Waals surface area (Å²) in [6.07, 6.45) is 2.19. The van der Waals surface area contributed by atoms with Crippen LogP contribution in [0.3, 0.4) is 0 Å². The molecular weight excluding hydrogens is 358 g/mol. The smallest absolute Gasteiger partial charge is 0.328 e. The highest BCUT2D eigenvalue weighted by molar-refractivity contribution is 7.89. The van der Waals surface area contributed by atoms with Crippen molar-refractivity contribution in [3.8, 4) is 11.5 Å². The Morgan fingerprint density at radius 2 is 1.85 bits per heavy atom. The van der Waals surface area contributed by atoms with Crippen LogP contribution in [-0.2, 0) is 21.4 Å². The van der Waals surface area contributed by atoms with E-state index in [0.717, 1.165) is 11.6 Å². The van der Waals surface area contributed by atoms with Gasteiger partial charge in [0.1, 0.15) is 4.90 Å². The lowest BCUT2D eigenvalue weighted by Gasteiger charge is -2.15. The van der Waals surface area contributed by atoms with Crippen LogP contribution in [0, 0.1) is 0 Å². The predicted molar refractivity (Wildman–Crippen MR) is 96.7 cm³/mol. The molecule has 26 heavy (non-hydrogen) atoms. The monoisotopic (exact) mass is 377 g/mol.